The Balaban J connectivity index is 1.19. The van der Waals surface area contributed by atoms with Crippen molar-refractivity contribution in [3.05, 3.63) is 89.1 Å². The number of methoxy groups -OCH3 is 1. The van der Waals surface area contributed by atoms with E-state index in [2.05, 4.69) is 15.9 Å². The summed E-state index contributed by atoms with van der Waals surface area (Å²) in [5.41, 5.74) is 2.50. The number of anilines is 1. The zero-order chi connectivity index (χ0) is 23.3. The average molecular weight is 457 g/mol. The standard InChI is InChI=1S/C28H28N2O4/c1-32-26-10-6-5-9-24(26)30-15-13-29(14-16-30)17-18-33-22-11-12-23-25(31)20-27(34-28(23)19-22)21-7-3-2-4-8-21/h2-12,19-20H,13-18H2,1H3. The Labute approximate surface area is 198 Å². The number of benzene rings is 3. The van der Waals surface area contributed by atoms with Crippen LogP contribution < -0.4 is 19.8 Å². The highest BCUT2D eigenvalue weighted by molar-refractivity contribution is 5.80. The van der Waals surface area contributed by atoms with Crippen molar-refractivity contribution in [3.63, 3.8) is 0 Å². The molecule has 1 saturated heterocycles. The number of hydrogen-bond acceptors (Lipinski definition) is 6. The summed E-state index contributed by atoms with van der Waals surface area (Å²) in [6, 6.07) is 24.8. The van der Waals surface area contributed by atoms with Gasteiger partial charge in [-0.3, -0.25) is 9.69 Å². The molecule has 5 rings (SSSR count). The second-order valence-corrected chi connectivity index (χ2v) is 8.35. The van der Waals surface area contributed by atoms with Crippen molar-refractivity contribution < 1.29 is 13.9 Å². The van der Waals surface area contributed by atoms with Gasteiger partial charge in [-0.15, -0.1) is 0 Å². The van der Waals surface area contributed by atoms with Crippen LogP contribution in [0, 0.1) is 0 Å². The summed E-state index contributed by atoms with van der Waals surface area (Å²) >= 11 is 0. The second kappa shape index (κ2) is 10.0. The normalized spacial score (nSPS) is 14.3. The molecule has 1 aliphatic heterocycles. The third kappa shape index (κ3) is 4.77. The van der Waals surface area contributed by atoms with Crippen LogP contribution in [0.1, 0.15) is 0 Å². The van der Waals surface area contributed by atoms with E-state index in [9.17, 15) is 4.79 Å². The van der Waals surface area contributed by atoms with E-state index >= 15 is 0 Å². The Bertz CT molecular complexity index is 1310. The molecular weight excluding hydrogens is 428 g/mol. The molecule has 0 saturated carbocycles. The lowest BCUT2D eigenvalue weighted by Crippen LogP contribution is -2.47. The lowest BCUT2D eigenvalue weighted by Gasteiger charge is -2.36. The van der Waals surface area contributed by atoms with Gasteiger partial charge in [0.05, 0.1) is 18.2 Å². The third-order valence-electron chi connectivity index (χ3n) is 6.23. The summed E-state index contributed by atoms with van der Waals surface area (Å²) in [7, 11) is 1.72. The number of hydrogen-bond donors (Lipinski definition) is 0. The highest BCUT2D eigenvalue weighted by atomic mass is 16.5. The highest BCUT2D eigenvalue weighted by Crippen LogP contribution is 2.28. The van der Waals surface area contributed by atoms with Crippen LogP contribution in [-0.4, -0.2) is 51.3 Å². The van der Waals surface area contributed by atoms with Crippen LogP contribution in [0.5, 0.6) is 11.5 Å². The van der Waals surface area contributed by atoms with Gasteiger partial charge in [0, 0.05) is 50.4 Å². The summed E-state index contributed by atoms with van der Waals surface area (Å²) in [4.78, 5) is 17.3. The molecule has 174 valence electrons. The van der Waals surface area contributed by atoms with Crippen molar-refractivity contribution in [3.8, 4) is 22.8 Å². The number of piperazine rings is 1. The van der Waals surface area contributed by atoms with E-state index in [-0.39, 0.29) is 5.43 Å². The largest absolute Gasteiger partial charge is 0.495 e. The minimum absolute atomic E-state index is 0.0560. The van der Waals surface area contributed by atoms with Gasteiger partial charge in [0.1, 0.15) is 29.4 Å². The van der Waals surface area contributed by atoms with Gasteiger partial charge in [0.2, 0.25) is 0 Å². The summed E-state index contributed by atoms with van der Waals surface area (Å²) in [6.07, 6.45) is 0. The van der Waals surface area contributed by atoms with Crippen molar-refractivity contribution in [2.75, 3.05) is 51.3 Å². The van der Waals surface area contributed by atoms with Crippen molar-refractivity contribution in [1.82, 2.24) is 4.90 Å². The molecule has 1 aromatic heterocycles. The molecule has 1 fully saturated rings. The quantitative estimate of drug-likeness (QED) is 0.403. The lowest BCUT2D eigenvalue weighted by atomic mass is 10.1. The number of rotatable bonds is 7. The van der Waals surface area contributed by atoms with Crippen LogP contribution >= 0.6 is 0 Å². The van der Waals surface area contributed by atoms with E-state index in [1.165, 1.54) is 0 Å². The first-order valence-electron chi connectivity index (χ1n) is 11.6. The van der Waals surface area contributed by atoms with Crippen LogP contribution in [0.3, 0.4) is 0 Å². The maximum Gasteiger partial charge on any atom is 0.193 e. The minimum atomic E-state index is -0.0560. The van der Waals surface area contributed by atoms with Crippen molar-refractivity contribution in [2.45, 2.75) is 0 Å². The average Bonchev–Trinajstić information content (AvgIpc) is 2.89. The number of nitrogens with zero attached hydrogens (tertiary/aromatic N) is 2. The van der Waals surface area contributed by atoms with Gasteiger partial charge < -0.3 is 18.8 Å². The zero-order valence-corrected chi connectivity index (χ0v) is 19.3. The molecule has 2 heterocycles. The number of para-hydroxylation sites is 2. The molecule has 0 unspecified atom stereocenters. The van der Waals surface area contributed by atoms with Crippen molar-refractivity contribution in [1.29, 1.82) is 0 Å². The smallest absolute Gasteiger partial charge is 0.193 e. The van der Waals surface area contributed by atoms with Gasteiger partial charge in [-0.05, 0) is 24.3 Å². The predicted molar refractivity (Wildman–Crippen MR) is 135 cm³/mol. The van der Waals surface area contributed by atoms with Crippen molar-refractivity contribution >= 4 is 16.7 Å². The van der Waals surface area contributed by atoms with E-state index in [4.69, 9.17) is 13.9 Å². The number of fused-ring (bicyclic) bond motifs is 1. The van der Waals surface area contributed by atoms with E-state index in [0.717, 1.165) is 49.7 Å². The van der Waals surface area contributed by atoms with Gasteiger partial charge in [0.15, 0.2) is 5.43 Å². The molecule has 0 amide bonds. The van der Waals surface area contributed by atoms with Crippen LogP contribution in [0.4, 0.5) is 5.69 Å². The summed E-state index contributed by atoms with van der Waals surface area (Å²) in [5.74, 6) is 2.18. The third-order valence-corrected chi connectivity index (χ3v) is 6.23. The first-order chi connectivity index (χ1) is 16.7. The van der Waals surface area contributed by atoms with E-state index in [0.29, 0.717) is 29.1 Å². The molecule has 34 heavy (non-hydrogen) atoms. The SMILES string of the molecule is COc1ccccc1N1CCN(CCOc2ccc3c(=O)cc(-c4ccccc4)oc3c2)CC1. The molecule has 3 aromatic carbocycles. The van der Waals surface area contributed by atoms with Crippen LogP contribution in [0.2, 0.25) is 0 Å². The molecular formula is C28H28N2O4. The molecule has 6 heteroatoms. The molecule has 0 radical (unpaired) electrons. The number of ether oxygens (including phenoxy) is 2. The molecule has 0 spiro atoms. The van der Waals surface area contributed by atoms with Gasteiger partial charge in [-0.25, -0.2) is 0 Å². The Morgan fingerprint density at radius 3 is 2.44 bits per heavy atom. The fourth-order valence-corrected chi connectivity index (χ4v) is 4.37. The fourth-order valence-electron chi connectivity index (χ4n) is 4.37. The monoisotopic (exact) mass is 456 g/mol. The maximum atomic E-state index is 12.6. The van der Waals surface area contributed by atoms with Gasteiger partial charge >= 0.3 is 0 Å². The summed E-state index contributed by atoms with van der Waals surface area (Å²) < 4.78 is 17.6. The first kappa shape index (κ1) is 22.0. The van der Waals surface area contributed by atoms with E-state index in [1.807, 2.05) is 60.7 Å². The Hall–Kier alpha value is -3.77. The maximum absolute atomic E-state index is 12.6. The molecule has 6 nitrogen and oxygen atoms in total. The second-order valence-electron chi connectivity index (χ2n) is 8.35. The Morgan fingerprint density at radius 1 is 0.882 bits per heavy atom. The topological polar surface area (TPSA) is 55.2 Å². The Kier molecular flexibility index (Phi) is 6.49. The van der Waals surface area contributed by atoms with Crippen LogP contribution in [-0.2, 0) is 0 Å². The highest BCUT2D eigenvalue weighted by Gasteiger charge is 2.19. The van der Waals surface area contributed by atoms with Crippen LogP contribution in [0.15, 0.2) is 88.1 Å². The molecule has 0 N–H and O–H groups in total. The van der Waals surface area contributed by atoms with Gasteiger partial charge in [-0.2, -0.15) is 0 Å². The predicted octanol–water partition coefficient (Wildman–Crippen LogP) is 4.67. The van der Waals surface area contributed by atoms with Gasteiger partial charge in [-0.1, -0.05) is 42.5 Å². The fraction of sp³-hybridized carbons (Fsp3) is 0.250. The van der Waals surface area contributed by atoms with Gasteiger partial charge in [0.25, 0.3) is 0 Å². The molecule has 0 atom stereocenters. The molecule has 4 aromatic rings. The summed E-state index contributed by atoms with van der Waals surface area (Å²) in [5, 5.41) is 0.555. The zero-order valence-electron chi connectivity index (χ0n) is 19.3. The molecule has 0 aliphatic carbocycles. The molecule has 1 aliphatic rings. The molecule has 0 bridgehead atoms. The van der Waals surface area contributed by atoms with E-state index in [1.54, 1.807) is 19.2 Å². The minimum Gasteiger partial charge on any atom is -0.495 e. The lowest BCUT2D eigenvalue weighted by molar-refractivity contribution is 0.200. The van der Waals surface area contributed by atoms with E-state index < -0.39 is 0 Å². The summed E-state index contributed by atoms with van der Waals surface area (Å²) in [6.45, 7) is 5.24. The Morgan fingerprint density at radius 2 is 1.65 bits per heavy atom. The van der Waals surface area contributed by atoms with Crippen LogP contribution in [0.25, 0.3) is 22.3 Å². The first-order valence-corrected chi connectivity index (χ1v) is 11.6. The van der Waals surface area contributed by atoms with Crippen molar-refractivity contribution in [2.24, 2.45) is 0 Å².